The number of carboxylic acids is 1. The highest BCUT2D eigenvalue weighted by Gasteiger charge is 2.32. The van der Waals surface area contributed by atoms with Crippen LogP contribution in [0.2, 0.25) is 0 Å². The maximum atomic E-state index is 11.6. The van der Waals surface area contributed by atoms with Crippen LogP contribution < -0.4 is 10.1 Å². The first kappa shape index (κ1) is 13.4. The molecule has 0 aliphatic heterocycles. The van der Waals surface area contributed by atoms with E-state index < -0.39 is 12.0 Å². The van der Waals surface area contributed by atoms with Crippen LogP contribution in [0.5, 0.6) is 5.75 Å². The fourth-order valence-corrected chi connectivity index (χ4v) is 1.87. The zero-order valence-electron chi connectivity index (χ0n) is 10.8. The fraction of sp³-hybridized carbons (Fsp3) is 0.429. The van der Waals surface area contributed by atoms with Gasteiger partial charge in [-0.25, -0.2) is 4.79 Å². The van der Waals surface area contributed by atoms with Gasteiger partial charge in [0, 0.05) is 12.3 Å². The minimum absolute atomic E-state index is 0.00663. The molecule has 0 radical (unpaired) electrons. The van der Waals surface area contributed by atoms with Crippen molar-refractivity contribution in [2.24, 2.45) is 5.92 Å². The molecule has 0 heterocycles. The van der Waals surface area contributed by atoms with E-state index in [0.29, 0.717) is 5.75 Å². The van der Waals surface area contributed by atoms with Crippen molar-refractivity contribution in [3.63, 3.8) is 0 Å². The molecule has 1 saturated carbocycles. The van der Waals surface area contributed by atoms with Crippen molar-refractivity contribution in [3.05, 3.63) is 29.8 Å². The quantitative estimate of drug-likeness (QED) is 0.809. The Morgan fingerprint density at radius 3 is 2.79 bits per heavy atom. The van der Waals surface area contributed by atoms with E-state index in [0.717, 1.165) is 18.4 Å². The topological polar surface area (TPSA) is 75.6 Å². The smallest absolute Gasteiger partial charge is 0.326 e. The molecule has 1 aromatic carbocycles. The summed E-state index contributed by atoms with van der Waals surface area (Å²) in [6.45, 7) is 0. The summed E-state index contributed by atoms with van der Waals surface area (Å²) in [4.78, 5) is 22.8. The van der Waals surface area contributed by atoms with Crippen LogP contribution in [0.25, 0.3) is 0 Å². The molecule has 19 heavy (non-hydrogen) atoms. The first-order chi connectivity index (χ1) is 9.10. The molecular weight excluding hydrogens is 246 g/mol. The first-order valence-electron chi connectivity index (χ1n) is 6.26. The van der Waals surface area contributed by atoms with E-state index in [4.69, 9.17) is 9.84 Å². The summed E-state index contributed by atoms with van der Waals surface area (Å²) in [5.41, 5.74) is 0.822. The number of amides is 1. The summed E-state index contributed by atoms with van der Waals surface area (Å²) in [6.07, 6.45) is 1.97. The Morgan fingerprint density at radius 2 is 2.21 bits per heavy atom. The minimum atomic E-state index is -1.02. The molecule has 5 heteroatoms. The van der Waals surface area contributed by atoms with Gasteiger partial charge in [0.2, 0.25) is 5.91 Å². The molecule has 1 fully saturated rings. The van der Waals surface area contributed by atoms with Gasteiger partial charge in [-0.2, -0.15) is 0 Å². The summed E-state index contributed by atoms with van der Waals surface area (Å²) in [5.74, 6) is -0.491. The van der Waals surface area contributed by atoms with Crippen LogP contribution in [0.4, 0.5) is 0 Å². The van der Waals surface area contributed by atoms with Crippen LogP contribution >= 0.6 is 0 Å². The highest BCUT2D eigenvalue weighted by atomic mass is 16.5. The maximum absolute atomic E-state index is 11.6. The molecule has 102 valence electrons. The molecule has 2 N–H and O–H groups in total. The predicted octanol–water partition coefficient (Wildman–Crippen LogP) is 1.22. The van der Waals surface area contributed by atoms with Crippen LogP contribution in [0, 0.1) is 5.92 Å². The Hall–Kier alpha value is -2.04. The van der Waals surface area contributed by atoms with Crippen molar-refractivity contribution < 1.29 is 19.4 Å². The number of carbonyl (C=O) groups is 2. The largest absolute Gasteiger partial charge is 0.497 e. The van der Waals surface area contributed by atoms with Gasteiger partial charge in [-0.3, -0.25) is 4.79 Å². The number of rotatable bonds is 6. The van der Waals surface area contributed by atoms with Crippen molar-refractivity contribution >= 4 is 11.9 Å². The van der Waals surface area contributed by atoms with E-state index in [1.807, 2.05) is 6.07 Å². The van der Waals surface area contributed by atoms with Gasteiger partial charge in [0.25, 0.3) is 0 Å². The van der Waals surface area contributed by atoms with Gasteiger partial charge in [0.15, 0.2) is 0 Å². The zero-order valence-corrected chi connectivity index (χ0v) is 10.8. The number of carboxylic acid groups (broad SMARTS) is 1. The monoisotopic (exact) mass is 263 g/mol. The third-order valence-electron chi connectivity index (χ3n) is 3.14. The zero-order chi connectivity index (χ0) is 13.8. The minimum Gasteiger partial charge on any atom is -0.497 e. The third-order valence-corrected chi connectivity index (χ3v) is 3.14. The summed E-state index contributed by atoms with van der Waals surface area (Å²) in [6, 6.07) is 6.30. The number of nitrogens with one attached hydrogen (secondary N) is 1. The van der Waals surface area contributed by atoms with Crippen molar-refractivity contribution in [2.45, 2.75) is 25.3 Å². The number of hydrogen-bond acceptors (Lipinski definition) is 3. The molecular formula is C14H17NO4. The average molecular weight is 263 g/mol. The van der Waals surface area contributed by atoms with Gasteiger partial charge in [0.1, 0.15) is 11.8 Å². The number of aliphatic carboxylic acids is 1. The van der Waals surface area contributed by atoms with Crippen LogP contribution in [0.1, 0.15) is 18.4 Å². The highest BCUT2D eigenvalue weighted by molar-refractivity contribution is 5.86. The number of hydrogen-bond donors (Lipinski definition) is 2. The SMILES string of the molecule is COc1cccc(C[C@H](NC(=O)C2CC2)C(=O)O)c1. The van der Waals surface area contributed by atoms with Crippen LogP contribution in [0.15, 0.2) is 24.3 Å². The lowest BCUT2D eigenvalue weighted by molar-refractivity contribution is -0.142. The Balaban J connectivity index is 2.02. The van der Waals surface area contributed by atoms with Gasteiger partial charge in [0.05, 0.1) is 7.11 Å². The molecule has 0 unspecified atom stereocenters. The number of methoxy groups -OCH3 is 1. The molecule has 1 amide bonds. The lowest BCUT2D eigenvalue weighted by atomic mass is 10.1. The second kappa shape index (κ2) is 5.73. The van der Waals surface area contributed by atoms with Gasteiger partial charge in [-0.1, -0.05) is 12.1 Å². The van der Waals surface area contributed by atoms with Gasteiger partial charge in [-0.15, -0.1) is 0 Å². The average Bonchev–Trinajstić information content (AvgIpc) is 3.22. The molecule has 0 spiro atoms. The Bertz CT molecular complexity index is 482. The van der Waals surface area contributed by atoms with Gasteiger partial charge >= 0.3 is 5.97 Å². The fourth-order valence-electron chi connectivity index (χ4n) is 1.87. The molecule has 1 atom stereocenters. The van der Waals surface area contributed by atoms with Crippen LogP contribution in [-0.4, -0.2) is 30.1 Å². The van der Waals surface area contributed by atoms with Gasteiger partial charge in [-0.05, 0) is 30.5 Å². The number of benzene rings is 1. The summed E-state index contributed by atoms with van der Waals surface area (Å²) < 4.78 is 5.09. The lowest BCUT2D eigenvalue weighted by Gasteiger charge is -2.14. The molecule has 1 aromatic rings. The first-order valence-corrected chi connectivity index (χ1v) is 6.26. The molecule has 0 bridgehead atoms. The molecule has 1 aliphatic carbocycles. The lowest BCUT2D eigenvalue weighted by Crippen LogP contribution is -2.43. The molecule has 1 aliphatic rings. The summed E-state index contributed by atoms with van der Waals surface area (Å²) in [5, 5.41) is 11.8. The number of ether oxygens (including phenoxy) is 1. The van der Waals surface area contributed by atoms with Crippen molar-refractivity contribution in [2.75, 3.05) is 7.11 Å². The second-order valence-corrected chi connectivity index (χ2v) is 4.73. The van der Waals surface area contributed by atoms with Crippen LogP contribution in [0.3, 0.4) is 0 Å². The highest BCUT2D eigenvalue weighted by Crippen LogP contribution is 2.29. The Labute approximate surface area is 111 Å². The number of carbonyl (C=O) groups excluding carboxylic acids is 1. The van der Waals surface area contributed by atoms with Crippen molar-refractivity contribution in [3.8, 4) is 5.75 Å². The van der Waals surface area contributed by atoms with E-state index >= 15 is 0 Å². The maximum Gasteiger partial charge on any atom is 0.326 e. The van der Waals surface area contributed by atoms with E-state index in [2.05, 4.69) is 5.32 Å². The molecule has 2 rings (SSSR count). The summed E-state index contributed by atoms with van der Waals surface area (Å²) in [7, 11) is 1.56. The molecule has 0 saturated heterocycles. The second-order valence-electron chi connectivity index (χ2n) is 4.73. The van der Waals surface area contributed by atoms with E-state index in [1.165, 1.54) is 0 Å². The van der Waals surface area contributed by atoms with E-state index in [1.54, 1.807) is 25.3 Å². The predicted molar refractivity (Wildman–Crippen MR) is 69.0 cm³/mol. The van der Waals surface area contributed by atoms with E-state index in [-0.39, 0.29) is 18.2 Å². The standard InChI is InChI=1S/C14H17NO4/c1-19-11-4-2-3-9(7-11)8-12(14(17)18)15-13(16)10-5-6-10/h2-4,7,10,12H,5-6,8H2,1H3,(H,15,16)(H,17,18)/t12-/m0/s1. The van der Waals surface area contributed by atoms with Crippen LogP contribution in [-0.2, 0) is 16.0 Å². The van der Waals surface area contributed by atoms with Crippen molar-refractivity contribution in [1.82, 2.24) is 5.32 Å². The van der Waals surface area contributed by atoms with Crippen molar-refractivity contribution in [1.29, 1.82) is 0 Å². The van der Waals surface area contributed by atoms with Gasteiger partial charge < -0.3 is 15.2 Å². The summed E-state index contributed by atoms with van der Waals surface area (Å²) >= 11 is 0. The Kier molecular flexibility index (Phi) is 4.04. The Morgan fingerprint density at radius 1 is 1.47 bits per heavy atom. The normalized spacial score (nSPS) is 15.6. The molecule has 5 nitrogen and oxygen atoms in total. The van der Waals surface area contributed by atoms with E-state index in [9.17, 15) is 9.59 Å². The third kappa shape index (κ3) is 3.71. The molecule has 0 aromatic heterocycles.